The van der Waals surface area contributed by atoms with Crippen molar-refractivity contribution in [3.63, 3.8) is 0 Å². The summed E-state index contributed by atoms with van der Waals surface area (Å²) in [6.07, 6.45) is -2.55. The van der Waals surface area contributed by atoms with Gasteiger partial charge in [0.25, 0.3) is 0 Å². The van der Waals surface area contributed by atoms with Gasteiger partial charge in [-0.3, -0.25) is 4.90 Å². The van der Waals surface area contributed by atoms with Crippen molar-refractivity contribution >= 4 is 0 Å². The predicted octanol–water partition coefficient (Wildman–Crippen LogP) is 3.67. The van der Waals surface area contributed by atoms with Crippen molar-refractivity contribution in [2.24, 2.45) is 0 Å². The van der Waals surface area contributed by atoms with E-state index < -0.39 is 12.7 Å². The van der Waals surface area contributed by atoms with Crippen molar-refractivity contribution in [2.75, 3.05) is 19.6 Å². The number of halogens is 3. The fraction of sp³-hybridized carbons (Fsp3) is 0.625. The molecule has 2 nitrogen and oxygen atoms in total. The van der Waals surface area contributed by atoms with E-state index in [1.165, 1.54) is 16.0 Å². The maximum Gasteiger partial charge on any atom is 0.401 e. The molecule has 1 fully saturated rings. The Morgan fingerprint density at radius 1 is 1.19 bits per heavy atom. The minimum atomic E-state index is -4.09. The molecule has 1 N–H and O–H groups in total. The van der Waals surface area contributed by atoms with Gasteiger partial charge in [-0.15, -0.1) is 0 Å². The van der Waals surface area contributed by atoms with Crippen LogP contribution in [-0.2, 0) is 0 Å². The zero-order chi connectivity index (χ0) is 15.5. The Morgan fingerprint density at radius 3 is 2.29 bits per heavy atom. The van der Waals surface area contributed by atoms with Crippen LogP contribution >= 0.6 is 0 Å². The largest absolute Gasteiger partial charge is 0.401 e. The van der Waals surface area contributed by atoms with Crippen LogP contribution in [0.3, 0.4) is 0 Å². The Bertz CT molecular complexity index is 434. The summed E-state index contributed by atoms with van der Waals surface area (Å²) in [6, 6.07) is 8.90. The first-order valence-corrected chi connectivity index (χ1v) is 7.45. The highest BCUT2D eigenvalue weighted by Crippen LogP contribution is 2.21. The number of hydrogen-bond donors (Lipinski definition) is 1. The summed E-state index contributed by atoms with van der Waals surface area (Å²) < 4.78 is 37.0. The molecule has 1 aliphatic rings. The summed E-state index contributed by atoms with van der Waals surface area (Å²) in [4.78, 5) is 1.49. The van der Waals surface area contributed by atoms with Crippen LogP contribution in [-0.4, -0.2) is 36.8 Å². The Labute approximate surface area is 124 Å². The van der Waals surface area contributed by atoms with E-state index in [9.17, 15) is 13.2 Å². The van der Waals surface area contributed by atoms with Crippen LogP contribution in [0.5, 0.6) is 0 Å². The molecule has 1 unspecified atom stereocenters. The topological polar surface area (TPSA) is 15.3 Å². The number of likely N-dealkylation sites (tertiary alicyclic amines) is 1. The van der Waals surface area contributed by atoms with Crippen LogP contribution in [0.15, 0.2) is 24.3 Å². The number of nitrogens with one attached hydrogen (secondary N) is 1. The van der Waals surface area contributed by atoms with E-state index in [2.05, 4.69) is 43.4 Å². The average Bonchev–Trinajstić information content (AvgIpc) is 2.40. The van der Waals surface area contributed by atoms with Crippen molar-refractivity contribution < 1.29 is 13.2 Å². The maximum atomic E-state index is 12.3. The molecule has 2 rings (SSSR count). The smallest absolute Gasteiger partial charge is 0.307 e. The van der Waals surface area contributed by atoms with Crippen molar-refractivity contribution in [1.29, 1.82) is 0 Å². The van der Waals surface area contributed by atoms with E-state index >= 15 is 0 Å². The van der Waals surface area contributed by atoms with E-state index in [0.29, 0.717) is 19.1 Å². The fourth-order valence-corrected chi connectivity index (χ4v) is 2.82. The molecule has 0 bridgehead atoms. The molecule has 0 amide bonds. The van der Waals surface area contributed by atoms with Gasteiger partial charge in [-0.05, 0) is 45.3 Å². The molecule has 118 valence electrons. The fourth-order valence-electron chi connectivity index (χ4n) is 2.82. The van der Waals surface area contributed by atoms with E-state index in [0.717, 1.165) is 12.8 Å². The summed E-state index contributed by atoms with van der Waals surface area (Å²) in [7, 11) is 0. The lowest BCUT2D eigenvalue weighted by atomic mass is 10.0. The molecule has 1 aromatic rings. The van der Waals surface area contributed by atoms with Crippen molar-refractivity contribution in [3.05, 3.63) is 35.4 Å². The summed E-state index contributed by atoms with van der Waals surface area (Å²) in [5.41, 5.74) is 2.45. The van der Waals surface area contributed by atoms with Gasteiger partial charge in [-0.2, -0.15) is 13.2 Å². The minimum Gasteiger partial charge on any atom is -0.307 e. The predicted molar refractivity (Wildman–Crippen MR) is 78.2 cm³/mol. The molecule has 1 saturated heterocycles. The Kier molecular flexibility index (Phi) is 5.27. The van der Waals surface area contributed by atoms with Crippen LogP contribution in [0.4, 0.5) is 13.2 Å². The van der Waals surface area contributed by atoms with Gasteiger partial charge in [0.05, 0.1) is 6.54 Å². The number of piperidine rings is 1. The highest BCUT2D eigenvalue weighted by molar-refractivity contribution is 5.23. The van der Waals surface area contributed by atoms with E-state index in [1.54, 1.807) is 0 Å². The highest BCUT2D eigenvalue weighted by Gasteiger charge is 2.32. The molecule has 0 spiro atoms. The van der Waals surface area contributed by atoms with E-state index in [-0.39, 0.29) is 6.04 Å². The summed E-state index contributed by atoms with van der Waals surface area (Å²) >= 11 is 0. The molecule has 0 saturated carbocycles. The third-order valence-corrected chi connectivity index (χ3v) is 4.05. The van der Waals surface area contributed by atoms with Crippen molar-refractivity contribution in [1.82, 2.24) is 10.2 Å². The number of rotatable bonds is 4. The summed E-state index contributed by atoms with van der Waals surface area (Å²) in [5.74, 6) is 0. The number of benzene rings is 1. The third kappa shape index (κ3) is 5.32. The first-order valence-electron chi connectivity index (χ1n) is 7.45. The van der Waals surface area contributed by atoms with Crippen LogP contribution in [0.1, 0.15) is 36.9 Å². The third-order valence-electron chi connectivity index (χ3n) is 4.05. The quantitative estimate of drug-likeness (QED) is 0.912. The SMILES string of the molecule is Cc1ccc(C(C)NC2CCN(CC(F)(F)F)CC2)cc1. The molecule has 1 atom stereocenters. The number of nitrogens with zero attached hydrogens (tertiary/aromatic N) is 1. The van der Waals surface area contributed by atoms with Gasteiger partial charge < -0.3 is 5.32 Å². The van der Waals surface area contributed by atoms with Gasteiger partial charge in [0.2, 0.25) is 0 Å². The lowest BCUT2D eigenvalue weighted by Crippen LogP contribution is -2.46. The number of alkyl halides is 3. The number of aryl methyl sites for hydroxylation is 1. The number of hydrogen-bond acceptors (Lipinski definition) is 2. The lowest BCUT2D eigenvalue weighted by Gasteiger charge is -2.34. The van der Waals surface area contributed by atoms with Crippen molar-refractivity contribution in [3.8, 4) is 0 Å². The Balaban J connectivity index is 1.79. The second-order valence-electron chi connectivity index (χ2n) is 5.96. The molecular formula is C16H23F3N2. The molecule has 0 radical (unpaired) electrons. The first kappa shape index (κ1) is 16.3. The zero-order valence-corrected chi connectivity index (χ0v) is 12.6. The monoisotopic (exact) mass is 300 g/mol. The van der Waals surface area contributed by atoms with Crippen molar-refractivity contribution in [2.45, 2.75) is 44.9 Å². The molecular weight excluding hydrogens is 277 g/mol. The maximum absolute atomic E-state index is 12.3. The molecule has 5 heteroatoms. The summed E-state index contributed by atoms with van der Waals surface area (Å²) in [5, 5.41) is 3.53. The van der Waals surface area contributed by atoms with Gasteiger partial charge in [0.15, 0.2) is 0 Å². The minimum absolute atomic E-state index is 0.227. The molecule has 1 heterocycles. The van der Waals surface area contributed by atoms with Crippen LogP contribution in [0, 0.1) is 6.92 Å². The van der Waals surface area contributed by atoms with Crippen LogP contribution in [0.2, 0.25) is 0 Å². The van der Waals surface area contributed by atoms with Gasteiger partial charge in [-0.25, -0.2) is 0 Å². The molecule has 0 aromatic heterocycles. The van der Waals surface area contributed by atoms with Gasteiger partial charge in [0, 0.05) is 12.1 Å². The van der Waals surface area contributed by atoms with Crippen LogP contribution in [0.25, 0.3) is 0 Å². The van der Waals surface area contributed by atoms with E-state index in [4.69, 9.17) is 0 Å². The zero-order valence-electron chi connectivity index (χ0n) is 12.6. The highest BCUT2D eigenvalue weighted by atomic mass is 19.4. The first-order chi connectivity index (χ1) is 9.83. The second-order valence-corrected chi connectivity index (χ2v) is 5.96. The molecule has 1 aliphatic heterocycles. The van der Waals surface area contributed by atoms with Gasteiger partial charge in [0.1, 0.15) is 0 Å². The Morgan fingerprint density at radius 2 is 1.76 bits per heavy atom. The lowest BCUT2D eigenvalue weighted by molar-refractivity contribution is -0.148. The Hall–Kier alpha value is -1.07. The standard InChI is InChI=1S/C16H23F3N2/c1-12-3-5-14(6-4-12)13(2)20-15-7-9-21(10-8-15)11-16(17,18)19/h3-6,13,15,20H,7-11H2,1-2H3. The van der Waals surface area contributed by atoms with Gasteiger partial charge in [-0.1, -0.05) is 29.8 Å². The molecule has 0 aliphatic carbocycles. The van der Waals surface area contributed by atoms with Crippen LogP contribution < -0.4 is 5.32 Å². The molecule has 1 aromatic carbocycles. The molecule has 21 heavy (non-hydrogen) atoms. The van der Waals surface area contributed by atoms with Gasteiger partial charge >= 0.3 is 6.18 Å². The second kappa shape index (κ2) is 6.79. The average molecular weight is 300 g/mol. The van der Waals surface area contributed by atoms with E-state index in [1.807, 2.05) is 0 Å². The summed E-state index contributed by atoms with van der Waals surface area (Å²) in [6.45, 7) is 4.40. The normalized spacial score (nSPS) is 19.7.